The van der Waals surface area contributed by atoms with Crippen molar-refractivity contribution in [2.75, 3.05) is 13.2 Å². The molecule has 1 saturated heterocycles. The van der Waals surface area contributed by atoms with Crippen LogP contribution >= 0.6 is 0 Å². The highest BCUT2D eigenvalue weighted by atomic mass is 19.4. The van der Waals surface area contributed by atoms with Gasteiger partial charge in [0, 0.05) is 24.0 Å². The van der Waals surface area contributed by atoms with E-state index in [-0.39, 0.29) is 30.9 Å². The second kappa shape index (κ2) is 16.0. The summed E-state index contributed by atoms with van der Waals surface area (Å²) in [7, 11) is 0. The average Bonchev–Trinajstić information content (AvgIpc) is 3.03. The summed E-state index contributed by atoms with van der Waals surface area (Å²) in [6, 6.07) is 0.554. The molecule has 51 heavy (non-hydrogen) atoms. The van der Waals surface area contributed by atoms with Crippen molar-refractivity contribution in [1.82, 2.24) is 0 Å². The van der Waals surface area contributed by atoms with Crippen LogP contribution in [0, 0.1) is 52.9 Å². The number of benzene rings is 2. The Morgan fingerprint density at radius 3 is 1.78 bits per heavy atom. The van der Waals surface area contributed by atoms with Crippen molar-refractivity contribution in [1.29, 1.82) is 0 Å². The van der Waals surface area contributed by atoms with E-state index in [0.717, 1.165) is 25.2 Å². The molecule has 1 aliphatic heterocycles. The standard InChI is InChI=1S/C36H39F11O4/c1-2-3-4-5-20-6-8-21(9-7-20)24-18-48-33(49-19-24)22-10-12-25(13-11-22)34(41,42)50-26-16-27(37)31(28(38)17-26)23-14-29(39)32(30(40)15-23)35(43,44)51-36(45,46)47/h2-3,14-17,20-22,24-25,33H,4-13,18-19H2,1H3/b3-2+. The normalized spacial score (nSPS) is 26.8. The number of alkyl halides is 7. The van der Waals surface area contributed by atoms with E-state index in [1.807, 2.05) is 6.92 Å². The van der Waals surface area contributed by atoms with Gasteiger partial charge in [0.25, 0.3) is 0 Å². The molecule has 0 spiro atoms. The molecule has 4 nitrogen and oxygen atoms in total. The molecule has 3 fully saturated rings. The second-order valence-corrected chi connectivity index (χ2v) is 13.6. The molecule has 15 heteroatoms. The maximum atomic E-state index is 15.2. The highest BCUT2D eigenvalue weighted by molar-refractivity contribution is 5.66. The Morgan fingerprint density at radius 2 is 1.25 bits per heavy atom. The summed E-state index contributed by atoms with van der Waals surface area (Å²) in [5.74, 6) is -8.77. The molecule has 2 aliphatic carbocycles. The number of rotatable bonds is 11. The summed E-state index contributed by atoms with van der Waals surface area (Å²) in [5.41, 5.74) is -4.71. The Kier molecular flexibility index (Phi) is 12.3. The molecule has 284 valence electrons. The molecule has 3 aliphatic rings. The zero-order chi connectivity index (χ0) is 37.1. The van der Waals surface area contributed by atoms with Crippen molar-refractivity contribution in [2.24, 2.45) is 29.6 Å². The van der Waals surface area contributed by atoms with Crippen LogP contribution in [0.1, 0.15) is 76.7 Å². The van der Waals surface area contributed by atoms with Gasteiger partial charge in [-0.15, -0.1) is 13.2 Å². The maximum absolute atomic E-state index is 15.2. The highest BCUT2D eigenvalue weighted by Crippen LogP contribution is 2.45. The first kappa shape index (κ1) is 39.3. The van der Waals surface area contributed by atoms with Crippen LogP contribution in [0.4, 0.5) is 48.3 Å². The molecule has 0 aromatic heterocycles. The van der Waals surface area contributed by atoms with E-state index in [1.165, 1.54) is 19.3 Å². The van der Waals surface area contributed by atoms with E-state index in [9.17, 15) is 39.5 Å². The van der Waals surface area contributed by atoms with Crippen LogP contribution < -0.4 is 4.74 Å². The van der Waals surface area contributed by atoms with Gasteiger partial charge in [-0.05, 0) is 87.8 Å². The number of halogens is 11. The summed E-state index contributed by atoms with van der Waals surface area (Å²) in [4.78, 5) is 0. The van der Waals surface area contributed by atoms with Crippen molar-refractivity contribution in [3.8, 4) is 16.9 Å². The Hall–Kier alpha value is -2.91. The highest BCUT2D eigenvalue weighted by Gasteiger charge is 2.50. The van der Waals surface area contributed by atoms with Crippen LogP contribution in [0.3, 0.4) is 0 Å². The molecule has 0 radical (unpaired) electrons. The zero-order valence-corrected chi connectivity index (χ0v) is 27.7. The first-order chi connectivity index (χ1) is 24.0. The van der Waals surface area contributed by atoms with Gasteiger partial charge in [-0.2, -0.15) is 17.6 Å². The molecule has 0 N–H and O–H groups in total. The lowest BCUT2D eigenvalue weighted by Crippen LogP contribution is -2.43. The van der Waals surface area contributed by atoms with Crippen molar-refractivity contribution < 1.29 is 67.2 Å². The summed E-state index contributed by atoms with van der Waals surface area (Å²) >= 11 is 0. The van der Waals surface area contributed by atoms with Crippen LogP contribution in [-0.2, 0) is 20.3 Å². The first-order valence-corrected chi connectivity index (χ1v) is 17.0. The zero-order valence-electron chi connectivity index (χ0n) is 27.7. The van der Waals surface area contributed by atoms with Crippen molar-refractivity contribution in [2.45, 2.75) is 96.0 Å². The van der Waals surface area contributed by atoms with Gasteiger partial charge in [-0.25, -0.2) is 22.3 Å². The molecule has 0 unspecified atom stereocenters. The minimum atomic E-state index is -5.98. The number of allylic oxidation sites excluding steroid dienone is 2. The van der Waals surface area contributed by atoms with Crippen molar-refractivity contribution in [3.63, 3.8) is 0 Å². The number of hydrogen-bond acceptors (Lipinski definition) is 4. The first-order valence-electron chi connectivity index (χ1n) is 17.0. The molecule has 1 heterocycles. The van der Waals surface area contributed by atoms with Gasteiger partial charge in [-0.3, -0.25) is 0 Å². The smallest absolute Gasteiger partial charge is 0.432 e. The number of hydrogen-bond donors (Lipinski definition) is 0. The quantitative estimate of drug-likeness (QED) is 0.170. The maximum Gasteiger partial charge on any atom is 0.527 e. The van der Waals surface area contributed by atoms with Crippen molar-refractivity contribution in [3.05, 3.63) is 65.2 Å². The third-order valence-electron chi connectivity index (χ3n) is 10.3. The SMILES string of the molecule is C/C=C/CCC1CCC(C2COC(C3CCC(C(F)(F)Oc4cc(F)c(-c5cc(F)c(C(F)(F)OC(F)(F)F)c(F)c5)c(F)c4)CC3)OC2)CC1. The Labute approximate surface area is 288 Å². The van der Waals surface area contributed by atoms with E-state index < -0.39 is 76.5 Å². The topological polar surface area (TPSA) is 36.9 Å². The van der Waals surface area contributed by atoms with Crippen LogP contribution in [-0.4, -0.2) is 32.0 Å². The predicted molar refractivity (Wildman–Crippen MR) is 162 cm³/mol. The lowest BCUT2D eigenvalue weighted by Gasteiger charge is -2.41. The minimum Gasteiger partial charge on any atom is -0.432 e. The average molecular weight is 745 g/mol. The second-order valence-electron chi connectivity index (χ2n) is 13.6. The van der Waals surface area contributed by atoms with Crippen LogP contribution in [0.2, 0.25) is 0 Å². The Morgan fingerprint density at radius 1 is 0.706 bits per heavy atom. The van der Waals surface area contributed by atoms with Gasteiger partial charge < -0.3 is 14.2 Å². The molecular formula is C36H39F11O4. The van der Waals surface area contributed by atoms with E-state index in [4.69, 9.17) is 14.2 Å². The van der Waals surface area contributed by atoms with E-state index in [2.05, 4.69) is 16.9 Å². The van der Waals surface area contributed by atoms with Gasteiger partial charge in [0.15, 0.2) is 6.29 Å². The monoisotopic (exact) mass is 744 g/mol. The molecule has 0 atom stereocenters. The summed E-state index contributed by atoms with van der Waals surface area (Å²) in [6.45, 7) is 3.12. The molecular weight excluding hydrogens is 705 g/mol. The van der Waals surface area contributed by atoms with Gasteiger partial charge in [0.2, 0.25) is 0 Å². The summed E-state index contributed by atoms with van der Waals surface area (Å²) in [6.07, 6.45) is -4.01. The molecule has 2 saturated carbocycles. The number of ether oxygens (including phenoxy) is 4. The molecule has 5 rings (SSSR count). The lowest BCUT2D eigenvalue weighted by atomic mass is 9.74. The van der Waals surface area contributed by atoms with Crippen molar-refractivity contribution >= 4 is 0 Å². The fraction of sp³-hybridized carbons (Fsp3) is 0.611. The summed E-state index contributed by atoms with van der Waals surface area (Å²) < 4.78 is 173. The lowest BCUT2D eigenvalue weighted by molar-refractivity contribution is -0.432. The van der Waals surface area contributed by atoms with Gasteiger partial charge >= 0.3 is 18.6 Å². The predicted octanol–water partition coefficient (Wildman–Crippen LogP) is 11.4. The fourth-order valence-electron chi connectivity index (χ4n) is 7.57. The third-order valence-corrected chi connectivity index (χ3v) is 10.3. The molecule has 0 bridgehead atoms. The summed E-state index contributed by atoms with van der Waals surface area (Å²) in [5, 5.41) is 0. The minimum absolute atomic E-state index is 0.00180. The molecule has 0 amide bonds. The Balaban J connectivity index is 1.14. The largest absolute Gasteiger partial charge is 0.527 e. The van der Waals surface area contributed by atoms with Gasteiger partial charge in [0.05, 0.1) is 24.7 Å². The van der Waals surface area contributed by atoms with Gasteiger partial charge in [-0.1, -0.05) is 25.0 Å². The van der Waals surface area contributed by atoms with E-state index >= 15 is 8.78 Å². The van der Waals surface area contributed by atoms with E-state index in [0.29, 0.717) is 50.0 Å². The Bertz CT molecular complexity index is 1460. The van der Waals surface area contributed by atoms with Crippen LogP contribution in [0.15, 0.2) is 36.4 Å². The molecule has 2 aromatic carbocycles. The molecule has 2 aromatic rings. The fourth-order valence-corrected chi connectivity index (χ4v) is 7.57. The van der Waals surface area contributed by atoms with Crippen LogP contribution in [0.25, 0.3) is 11.1 Å². The van der Waals surface area contributed by atoms with Gasteiger partial charge in [0.1, 0.15) is 34.6 Å². The van der Waals surface area contributed by atoms with E-state index in [1.54, 1.807) is 0 Å². The van der Waals surface area contributed by atoms with Crippen LogP contribution in [0.5, 0.6) is 5.75 Å². The third kappa shape index (κ3) is 9.75.